The molecule has 5 nitrogen and oxygen atoms in total. The average Bonchev–Trinajstić information content (AvgIpc) is 3.21. The van der Waals surface area contributed by atoms with Crippen LogP contribution < -0.4 is 10.6 Å². The zero-order chi connectivity index (χ0) is 15.6. The maximum atomic E-state index is 12.0. The highest BCUT2D eigenvalue weighted by molar-refractivity contribution is 14.0. The lowest BCUT2D eigenvalue weighted by Gasteiger charge is -2.15. The number of amides is 1. The topological polar surface area (TPSA) is 56.7 Å². The van der Waals surface area contributed by atoms with Gasteiger partial charge in [0.2, 0.25) is 5.91 Å². The van der Waals surface area contributed by atoms with Gasteiger partial charge in [0.05, 0.1) is 0 Å². The highest BCUT2D eigenvalue weighted by Gasteiger charge is 2.17. The Bertz CT molecular complexity index is 364. The Balaban J connectivity index is 0.00000264. The molecule has 1 aliphatic heterocycles. The quantitative estimate of drug-likeness (QED) is 0.279. The Morgan fingerprint density at radius 2 is 1.83 bits per heavy atom. The van der Waals surface area contributed by atoms with Crippen LogP contribution in [0.5, 0.6) is 0 Å². The summed E-state index contributed by atoms with van der Waals surface area (Å²) in [4.78, 5) is 18.4. The van der Waals surface area contributed by atoms with E-state index < -0.39 is 0 Å². The molecule has 2 N–H and O–H groups in total. The van der Waals surface area contributed by atoms with Crippen LogP contribution in [0.4, 0.5) is 0 Å². The van der Waals surface area contributed by atoms with Crippen molar-refractivity contribution in [1.82, 2.24) is 15.5 Å². The minimum absolute atomic E-state index is 0. The van der Waals surface area contributed by atoms with Crippen molar-refractivity contribution < 1.29 is 4.79 Å². The van der Waals surface area contributed by atoms with Crippen molar-refractivity contribution in [3.8, 4) is 0 Å². The first-order chi connectivity index (χ1) is 10.8. The molecule has 0 aromatic rings. The van der Waals surface area contributed by atoms with Gasteiger partial charge in [-0.25, -0.2) is 4.99 Å². The number of nitrogens with one attached hydrogen (secondary N) is 2. The van der Waals surface area contributed by atoms with Crippen molar-refractivity contribution in [2.45, 2.75) is 58.3 Å². The summed E-state index contributed by atoms with van der Waals surface area (Å²) in [7, 11) is 0. The van der Waals surface area contributed by atoms with Crippen molar-refractivity contribution in [3.05, 3.63) is 0 Å². The second kappa shape index (κ2) is 11.9. The second-order valence-electron chi connectivity index (χ2n) is 6.50. The SMILES string of the molecule is CCNC(=NCC(=O)N1CCCC1)NCCCC1CCCC1.I. The summed E-state index contributed by atoms with van der Waals surface area (Å²) in [6.45, 7) is 5.89. The molecule has 6 heteroatoms. The van der Waals surface area contributed by atoms with Gasteiger partial charge >= 0.3 is 0 Å². The Morgan fingerprint density at radius 3 is 2.48 bits per heavy atom. The number of guanidine groups is 1. The van der Waals surface area contributed by atoms with Crippen molar-refractivity contribution in [2.75, 3.05) is 32.7 Å². The number of hydrogen-bond donors (Lipinski definition) is 2. The molecule has 0 aromatic carbocycles. The highest BCUT2D eigenvalue weighted by Crippen LogP contribution is 2.28. The van der Waals surface area contributed by atoms with E-state index in [9.17, 15) is 4.79 Å². The fraction of sp³-hybridized carbons (Fsp3) is 0.882. The molecular weight excluding hydrogens is 403 g/mol. The molecule has 0 atom stereocenters. The largest absolute Gasteiger partial charge is 0.357 e. The number of likely N-dealkylation sites (tertiary alicyclic amines) is 1. The monoisotopic (exact) mass is 436 g/mol. The predicted molar refractivity (Wildman–Crippen MR) is 106 cm³/mol. The summed E-state index contributed by atoms with van der Waals surface area (Å²) in [6, 6.07) is 0. The third-order valence-corrected chi connectivity index (χ3v) is 4.73. The van der Waals surface area contributed by atoms with Crippen molar-refractivity contribution >= 4 is 35.8 Å². The van der Waals surface area contributed by atoms with Gasteiger partial charge in [-0.1, -0.05) is 25.7 Å². The van der Waals surface area contributed by atoms with Crippen molar-refractivity contribution in [3.63, 3.8) is 0 Å². The Morgan fingerprint density at radius 1 is 1.13 bits per heavy atom. The molecule has 0 radical (unpaired) electrons. The predicted octanol–water partition coefficient (Wildman–Crippen LogP) is 2.75. The Kier molecular flexibility index (Phi) is 10.6. The molecule has 0 bridgehead atoms. The number of carbonyl (C=O) groups is 1. The Hall–Kier alpha value is -0.530. The van der Waals surface area contributed by atoms with Crippen LogP contribution in [-0.4, -0.2) is 49.5 Å². The molecule has 1 aliphatic carbocycles. The van der Waals surface area contributed by atoms with Crippen LogP contribution in [0.2, 0.25) is 0 Å². The number of carbonyl (C=O) groups excluding carboxylic acids is 1. The zero-order valence-corrected chi connectivity index (χ0v) is 16.8. The third kappa shape index (κ3) is 7.72. The van der Waals surface area contributed by atoms with Gasteiger partial charge in [-0.2, -0.15) is 0 Å². The van der Waals surface area contributed by atoms with Gasteiger partial charge < -0.3 is 15.5 Å². The van der Waals surface area contributed by atoms with Crippen LogP contribution in [0.1, 0.15) is 58.3 Å². The minimum atomic E-state index is 0. The fourth-order valence-corrected chi connectivity index (χ4v) is 3.45. The highest BCUT2D eigenvalue weighted by atomic mass is 127. The summed E-state index contributed by atoms with van der Waals surface area (Å²) < 4.78 is 0. The maximum absolute atomic E-state index is 12.0. The molecule has 2 rings (SSSR count). The van der Waals surface area contributed by atoms with E-state index >= 15 is 0 Å². The van der Waals surface area contributed by atoms with E-state index in [0.29, 0.717) is 0 Å². The van der Waals surface area contributed by atoms with Gasteiger partial charge in [-0.3, -0.25) is 4.79 Å². The number of nitrogens with zero attached hydrogens (tertiary/aromatic N) is 2. The van der Waals surface area contributed by atoms with E-state index in [1.54, 1.807) is 0 Å². The lowest BCUT2D eigenvalue weighted by molar-refractivity contribution is -0.128. The molecule has 0 aromatic heterocycles. The van der Waals surface area contributed by atoms with Gasteiger partial charge in [0, 0.05) is 26.2 Å². The Labute approximate surface area is 158 Å². The molecule has 134 valence electrons. The zero-order valence-electron chi connectivity index (χ0n) is 14.5. The molecule has 0 spiro atoms. The van der Waals surface area contributed by atoms with E-state index in [-0.39, 0.29) is 36.4 Å². The molecule has 2 aliphatic rings. The van der Waals surface area contributed by atoms with Gasteiger partial charge in [0.25, 0.3) is 0 Å². The fourth-order valence-electron chi connectivity index (χ4n) is 3.45. The summed E-state index contributed by atoms with van der Waals surface area (Å²) in [5, 5.41) is 6.58. The molecule has 0 unspecified atom stereocenters. The molecule has 2 fully saturated rings. The summed E-state index contributed by atoms with van der Waals surface area (Å²) in [5.41, 5.74) is 0. The number of aliphatic imine (C=N–C) groups is 1. The molecule has 23 heavy (non-hydrogen) atoms. The average molecular weight is 436 g/mol. The minimum Gasteiger partial charge on any atom is -0.357 e. The number of hydrogen-bond acceptors (Lipinski definition) is 2. The maximum Gasteiger partial charge on any atom is 0.244 e. The van der Waals surface area contributed by atoms with E-state index in [1.165, 1.54) is 38.5 Å². The summed E-state index contributed by atoms with van der Waals surface area (Å²) in [5.74, 6) is 1.88. The lowest BCUT2D eigenvalue weighted by Crippen LogP contribution is -2.39. The standard InChI is InChI=1S/C17H32N4O.HI/c1-2-18-17(19-11-7-10-15-8-3-4-9-15)20-14-16(22)21-12-5-6-13-21;/h15H,2-14H2,1H3,(H2,18,19,20);1H. The van der Waals surface area contributed by atoms with E-state index in [4.69, 9.17) is 0 Å². The van der Waals surface area contributed by atoms with E-state index in [2.05, 4.69) is 22.5 Å². The van der Waals surface area contributed by atoms with Crippen molar-refractivity contribution in [2.24, 2.45) is 10.9 Å². The number of rotatable bonds is 7. The molecule has 1 heterocycles. The summed E-state index contributed by atoms with van der Waals surface area (Å²) in [6.07, 6.45) is 10.4. The smallest absolute Gasteiger partial charge is 0.244 e. The molecule has 1 saturated carbocycles. The first-order valence-electron chi connectivity index (χ1n) is 9.09. The van der Waals surface area contributed by atoms with Gasteiger partial charge in [-0.05, 0) is 38.5 Å². The van der Waals surface area contributed by atoms with Crippen LogP contribution in [0.15, 0.2) is 4.99 Å². The first kappa shape index (κ1) is 20.5. The van der Waals surface area contributed by atoms with Gasteiger partial charge in [-0.15, -0.1) is 24.0 Å². The van der Waals surface area contributed by atoms with Crippen LogP contribution in [0, 0.1) is 5.92 Å². The van der Waals surface area contributed by atoms with E-state index in [0.717, 1.165) is 50.9 Å². The first-order valence-corrected chi connectivity index (χ1v) is 9.09. The van der Waals surface area contributed by atoms with Crippen LogP contribution >= 0.6 is 24.0 Å². The van der Waals surface area contributed by atoms with E-state index in [1.807, 2.05) is 4.90 Å². The van der Waals surface area contributed by atoms with Crippen LogP contribution in [0.25, 0.3) is 0 Å². The third-order valence-electron chi connectivity index (χ3n) is 4.73. The van der Waals surface area contributed by atoms with Crippen molar-refractivity contribution in [1.29, 1.82) is 0 Å². The van der Waals surface area contributed by atoms with Gasteiger partial charge in [0.1, 0.15) is 6.54 Å². The molecule has 1 amide bonds. The summed E-state index contributed by atoms with van der Waals surface area (Å²) >= 11 is 0. The normalized spacial score (nSPS) is 18.8. The molecule has 1 saturated heterocycles. The second-order valence-corrected chi connectivity index (χ2v) is 6.50. The number of halogens is 1. The molecular formula is C17H33IN4O. The van der Waals surface area contributed by atoms with Crippen LogP contribution in [-0.2, 0) is 4.79 Å². The lowest BCUT2D eigenvalue weighted by atomic mass is 10.0. The van der Waals surface area contributed by atoms with Gasteiger partial charge in [0.15, 0.2) is 5.96 Å². The van der Waals surface area contributed by atoms with Crippen LogP contribution in [0.3, 0.4) is 0 Å².